The molecular weight excluding hydrogens is 440 g/mol. The number of benzene rings is 1. The molecule has 7 nitrogen and oxygen atoms in total. The fourth-order valence-electron chi connectivity index (χ4n) is 6.05. The Bertz CT molecular complexity index is 1150. The van der Waals surface area contributed by atoms with Gasteiger partial charge in [0.05, 0.1) is 5.69 Å². The van der Waals surface area contributed by atoms with Crippen LogP contribution in [0.2, 0.25) is 0 Å². The molecule has 3 saturated heterocycles. The molecule has 4 aliphatic rings. The maximum atomic E-state index is 11.7. The molecule has 3 fully saturated rings. The molecule has 184 valence electrons. The number of aromatic nitrogens is 1. The van der Waals surface area contributed by atoms with Gasteiger partial charge >= 0.3 is 0 Å². The number of nitrogens with zero attached hydrogens (tertiary/aromatic N) is 3. The second-order valence-electron chi connectivity index (χ2n) is 10.4. The number of pyridine rings is 1. The third-order valence-corrected chi connectivity index (χ3v) is 8.18. The van der Waals surface area contributed by atoms with Crippen molar-refractivity contribution in [3.63, 3.8) is 0 Å². The van der Waals surface area contributed by atoms with E-state index in [4.69, 9.17) is 14.5 Å². The number of aryl methyl sites for hydroxylation is 1. The third-order valence-electron chi connectivity index (χ3n) is 8.18. The first-order valence-corrected chi connectivity index (χ1v) is 12.8. The van der Waals surface area contributed by atoms with Gasteiger partial charge in [0.2, 0.25) is 5.91 Å². The van der Waals surface area contributed by atoms with Crippen LogP contribution in [0.1, 0.15) is 60.0 Å². The number of nitrogens with one attached hydrogen (secondary N) is 1. The molecule has 1 N–H and O–H groups in total. The Balaban J connectivity index is 1.21. The maximum absolute atomic E-state index is 11.7. The number of carbonyl (C=O) groups excluding carboxylic acids is 1. The molecule has 0 saturated carbocycles. The average Bonchev–Trinajstić information content (AvgIpc) is 2.96. The van der Waals surface area contributed by atoms with Crippen LogP contribution >= 0.6 is 0 Å². The van der Waals surface area contributed by atoms with E-state index in [1.807, 2.05) is 11.1 Å². The number of hydrogen-bond acceptors (Lipinski definition) is 6. The lowest BCUT2D eigenvalue weighted by atomic mass is 9.87. The predicted molar refractivity (Wildman–Crippen MR) is 135 cm³/mol. The number of likely N-dealkylation sites (tertiary alicyclic amines) is 2. The number of hydrogen-bond donors (Lipinski definition) is 1. The molecule has 1 aromatic heterocycles. The van der Waals surface area contributed by atoms with E-state index in [0.29, 0.717) is 17.9 Å². The number of rotatable bonds is 4. The Morgan fingerprint density at radius 2 is 1.94 bits per heavy atom. The number of fused-ring (bicyclic) bond motifs is 2. The monoisotopic (exact) mass is 474 g/mol. The quantitative estimate of drug-likeness (QED) is 0.668. The van der Waals surface area contributed by atoms with E-state index >= 15 is 0 Å². The van der Waals surface area contributed by atoms with Crippen LogP contribution < -0.4 is 10.1 Å². The van der Waals surface area contributed by atoms with Crippen LogP contribution in [-0.4, -0.2) is 66.1 Å². The summed E-state index contributed by atoms with van der Waals surface area (Å²) < 4.78 is 12.2. The van der Waals surface area contributed by atoms with Gasteiger partial charge in [-0.3, -0.25) is 9.69 Å². The van der Waals surface area contributed by atoms with E-state index < -0.39 is 0 Å². The highest BCUT2D eigenvalue weighted by molar-refractivity contribution is 5.87. The van der Waals surface area contributed by atoms with Crippen LogP contribution in [0.5, 0.6) is 5.75 Å². The topological polar surface area (TPSA) is 66.9 Å². The minimum Gasteiger partial charge on any atom is -0.483 e. The minimum absolute atomic E-state index is 0.0360. The Hall–Kier alpha value is -2.90. The molecule has 7 heteroatoms. The van der Waals surface area contributed by atoms with Crippen LogP contribution in [0.3, 0.4) is 0 Å². The van der Waals surface area contributed by atoms with Gasteiger partial charge in [-0.15, -0.1) is 0 Å². The van der Waals surface area contributed by atoms with Crippen molar-refractivity contribution in [2.45, 2.75) is 50.7 Å². The summed E-state index contributed by atoms with van der Waals surface area (Å²) in [6, 6.07) is 7.17. The second-order valence-corrected chi connectivity index (χ2v) is 10.4. The van der Waals surface area contributed by atoms with Gasteiger partial charge in [0, 0.05) is 63.1 Å². The van der Waals surface area contributed by atoms with Crippen molar-refractivity contribution in [3.8, 4) is 5.75 Å². The lowest BCUT2D eigenvalue weighted by molar-refractivity contribution is -0.134. The van der Waals surface area contributed by atoms with E-state index in [0.717, 1.165) is 75.1 Å². The van der Waals surface area contributed by atoms with Crippen molar-refractivity contribution >= 4 is 17.4 Å². The first-order valence-electron chi connectivity index (χ1n) is 12.8. The zero-order valence-electron chi connectivity index (χ0n) is 20.6. The van der Waals surface area contributed by atoms with Gasteiger partial charge in [0.15, 0.2) is 0 Å². The Labute approximate surface area is 207 Å². The molecular formula is C28H34N4O3. The fourth-order valence-corrected chi connectivity index (χ4v) is 6.05. The molecule has 0 bridgehead atoms. The van der Waals surface area contributed by atoms with Crippen molar-refractivity contribution in [3.05, 3.63) is 59.3 Å². The van der Waals surface area contributed by atoms with Gasteiger partial charge < -0.3 is 19.7 Å². The summed E-state index contributed by atoms with van der Waals surface area (Å²) in [4.78, 5) is 20.8. The molecule has 1 atom stereocenters. The van der Waals surface area contributed by atoms with Gasteiger partial charge in [-0.05, 0) is 67.5 Å². The molecule has 1 aromatic carbocycles. The number of ether oxygens (including phenoxy) is 2. The molecule has 0 radical (unpaired) electrons. The summed E-state index contributed by atoms with van der Waals surface area (Å²) in [5.41, 5.74) is 6.01. The normalized spacial score (nSPS) is 23.1. The molecule has 5 heterocycles. The molecule has 0 spiro atoms. The molecule has 0 aliphatic carbocycles. The number of anilines is 2. The lowest BCUT2D eigenvalue weighted by Crippen LogP contribution is -2.65. The highest BCUT2D eigenvalue weighted by atomic mass is 16.5. The number of carbonyl (C=O) groups is 1. The zero-order chi connectivity index (χ0) is 24.1. The van der Waals surface area contributed by atoms with E-state index in [9.17, 15) is 4.79 Å². The van der Waals surface area contributed by atoms with Crippen molar-refractivity contribution in [1.29, 1.82) is 0 Å². The van der Waals surface area contributed by atoms with Crippen molar-refractivity contribution in [1.82, 2.24) is 14.8 Å². The second kappa shape index (κ2) is 8.95. The molecule has 1 amide bonds. The number of amides is 1. The zero-order valence-corrected chi connectivity index (χ0v) is 20.6. The standard InChI is InChI=1S/C28H34N4O3/c1-4-25(33)32-15-22(16-32)31-13-21(14-31)20-11-17(2)27-24(12-20)30-28-26(18(3)35-27)23(5-8-29-28)19-6-9-34-10-7-19/h4-5,8,11-12,18-19,21-22H,1,6-7,9-10,13-16H2,2-3H3,(H,29,30)/t18-/m1/s1. The van der Waals surface area contributed by atoms with Crippen molar-refractivity contribution in [2.24, 2.45) is 0 Å². The van der Waals surface area contributed by atoms with Crippen LogP contribution in [-0.2, 0) is 9.53 Å². The lowest BCUT2D eigenvalue weighted by Gasteiger charge is -2.52. The molecule has 4 aliphatic heterocycles. The van der Waals surface area contributed by atoms with Crippen molar-refractivity contribution in [2.75, 3.05) is 44.7 Å². The van der Waals surface area contributed by atoms with Crippen LogP contribution in [0.15, 0.2) is 37.1 Å². The average molecular weight is 475 g/mol. The molecule has 35 heavy (non-hydrogen) atoms. The molecule has 0 unspecified atom stereocenters. The summed E-state index contributed by atoms with van der Waals surface area (Å²) in [5, 5.41) is 3.64. The van der Waals surface area contributed by atoms with Gasteiger partial charge in [-0.1, -0.05) is 12.6 Å². The van der Waals surface area contributed by atoms with Gasteiger partial charge in [-0.25, -0.2) is 4.98 Å². The summed E-state index contributed by atoms with van der Waals surface area (Å²) in [6.45, 7) is 13.2. The van der Waals surface area contributed by atoms with Gasteiger partial charge in [0.25, 0.3) is 0 Å². The van der Waals surface area contributed by atoms with Gasteiger partial charge in [0.1, 0.15) is 17.7 Å². The summed E-state index contributed by atoms with van der Waals surface area (Å²) >= 11 is 0. The summed E-state index contributed by atoms with van der Waals surface area (Å²) in [6.07, 6.45) is 5.33. The van der Waals surface area contributed by atoms with Crippen LogP contribution in [0.25, 0.3) is 0 Å². The Morgan fingerprint density at radius 1 is 1.17 bits per heavy atom. The fraction of sp³-hybridized carbons (Fsp3) is 0.500. The predicted octanol–water partition coefficient (Wildman–Crippen LogP) is 4.28. The first-order chi connectivity index (χ1) is 17.0. The van der Waals surface area contributed by atoms with E-state index in [1.165, 1.54) is 22.8 Å². The SMILES string of the molecule is C=CC(=O)N1CC(N2CC(c3cc(C)c4c(c3)Nc3nccc(C5CCOCC5)c3[C@@H](C)O4)C2)C1. The van der Waals surface area contributed by atoms with Crippen LogP contribution in [0, 0.1) is 6.92 Å². The first kappa shape index (κ1) is 22.6. The largest absolute Gasteiger partial charge is 0.483 e. The Morgan fingerprint density at radius 3 is 2.69 bits per heavy atom. The third kappa shape index (κ3) is 4.00. The highest BCUT2D eigenvalue weighted by Crippen LogP contribution is 2.45. The maximum Gasteiger partial charge on any atom is 0.246 e. The summed E-state index contributed by atoms with van der Waals surface area (Å²) in [5.74, 6) is 2.84. The minimum atomic E-state index is -0.0751. The molecule has 6 rings (SSSR count). The van der Waals surface area contributed by atoms with Crippen LogP contribution in [0.4, 0.5) is 11.5 Å². The van der Waals surface area contributed by atoms with E-state index in [1.54, 1.807) is 0 Å². The van der Waals surface area contributed by atoms with E-state index in [-0.39, 0.29) is 12.0 Å². The van der Waals surface area contributed by atoms with E-state index in [2.05, 4.69) is 48.8 Å². The highest BCUT2D eigenvalue weighted by Gasteiger charge is 2.41. The Kier molecular flexibility index (Phi) is 5.77. The van der Waals surface area contributed by atoms with Crippen molar-refractivity contribution < 1.29 is 14.3 Å². The van der Waals surface area contributed by atoms with Gasteiger partial charge in [-0.2, -0.15) is 0 Å². The molecule has 2 aromatic rings. The smallest absolute Gasteiger partial charge is 0.246 e. The summed E-state index contributed by atoms with van der Waals surface area (Å²) in [7, 11) is 0.